The summed E-state index contributed by atoms with van der Waals surface area (Å²) in [7, 11) is -0.628. The number of hydrogen-bond donors (Lipinski definition) is 1. The highest BCUT2D eigenvalue weighted by atomic mass is 32.2. The van der Waals surface area contributed by atoms with Crippen molar-refractivity contribution in [1.29, 1.82) is 0 Å². The maximum absolute atomic E-state index is 11.8. The van der Waals surface area contributed by atoms with Crippen molar-refractivity contribution in [2.75, 3.05) is 5.75 Å². The molecular weight excluding hydrogens is 182 g/mol. The van der Waals surface area contributed by atoms with Gasteiger partial charge >= 0.3 is 0 Å². The third-order valence-corrected chi connectivity index (χ3v) is 5.24. The Bertz CT molecular complexity index is 235. The summed E-state index contributed by atoms with van der Waals surface area (Å²) in [6.07, 6.45) is 2.66. The van der Waals surface area contributed by atoms with Crippen LogP contribution in [0.25, 0.3) is 0 Å². The molecule has 76 valence electrons. The van der Waals surface area contributed by atoms with Gasteiger partial charge in [-0.15, -0.1) is 0 Å². The van der Waals surface area contributed by atoms with E-state index in [1.165, 1.54) is 12.8 Å². The molecule has 1 aliphatic heterocycles. The lowest BCUT2D eigenvalue weighted by atomic mass is 10.0. The van der Waals surface area contributed by atoms with Crippen LogP contribution >= 0.6 is 0 Å². The molecule has 2 aliphatic rings. The maximum Gasteiger partial charge on any atom is 0.0476 e. The third kappa shape index (κ3) is 1.96. The van der Waals surface area contributed by atoms with Gasteiger partial charge < -0.3 is 5.32 Å². The van der Waals surface area contributed by atoms with Gasteiger partial charge in [0.1, 0.15) is 0 Å². The van der Waals surface area contributed by atoms with Gasteiger partial charge in [-0.25, -0.2) is 0 Å². The van der Waals surface area contributed by atoms with Crippen LogP contribution in [-0.2, 0) is 10.8 Å². The van der Waals surface area contributed by atoms with E-state index >= 15 is 0 Å². The highest BCUT2D eigenvalue weighted by Crippen LogP contribution is 2.38. The molecule has 1 heterocycles. The summed E-state index contributed by atoms with van der Waals surface area (Å²) in [5.41, 5.74) is 0.0740. The lowest BCUT2D eigenvalue weighted by molar-refractivity contribution is 0.316. The zero-order chi connectivity index (χ0) is 9.64. The highest BCUT2D eigenvalue weighted by molar-refractivity contribution is 7.85. The van der Waals surface area contributed by atoms with E-state index in [1.807, 2.05) is 0 Å². The molecule has 3 unspecified atom stereocenters. The van der Waals surface area contributed by atoms with E-state index in [4.69, 9.17) is 0 Å². The molecule has 0 radical (unpaired) electrons. The number of hydrogen-bond acceptors (Lipinski definition) is 2. The summed E-state index contributed by atoms with van der Waals surface area (Å²) < 4.78 is 11.8. The molecule has 3 atom stereocenters. The zero-order valence-electron chi connectivity index (χ0n) is 8.67. The molecule has 0 amide bonds. The molecular formula is C10H19NOS. The molecule has 0 aromatic carbocycles. The molecule has 2 nitrogen and oxygen atoms in total. The fraction of sp³-hybridized carbons (Fsp3) is 1.00. The second-order valence-corrected chi connectivity index (χ2v) is 6.92. The molecule has 1 saturated carbocycles. The first kappa shape index (κ1) is 9.66. The summed E-state index contributed by atoms with van der Waals surface area (Å²) in [5.74, 6) is 1.61. The van der Waals surface area contributed by atoms with Crippen molar-refractivity contribution >= 4 is 10.8 Å². The molecule has 1 aliphatic carbocycles. The van der Waals surface area contributed by atoms with Crippen LogP contribution in [0.4, 0.5) is 0 Å². The first-order chi connectivity index (χ1) is 5.99. The Morgan fingerprint density at radius 1 is 1.38 bits per heavy atom. The minimum Gasteiger partial charge on any atom is -0.307 e. The molecule has 0 spiro atoms. The van der Waals surface area contributed by atoms with Gasteiger partial charge in [-0.3, -0.25) is 4.21 Å². The fourth-order valence-corrected chi connectivity index (χ4v) is 3.89. The molecule has 2 rings (SSSR count). The van der Waals surface area contributed by atoms with E-state index < -0.39 is 10.8 Å². The monoisotopic (exact) mass is 201 g/mol. The Kier molecular flexibility index (Phi) is 2.27. The van der Waals surface area contributed by atoms with Crippen LogP contribution < -0.4 is 5.32 Å². The average Bonchev–Trinajstić information content (AvgIpc) is 2.78. The van der Waals surface area contributed by atoms with Crippen molar-refractivity contribution in [2.45, 2.75) is 50.4 Å². The van der Waals surface area contributed by atoms with Gasteiger partial charge in [-0.2, -0.15) is 0 Å². The van der Waals surface area contributed by atoms with Gasteiger partial charge in [0.2, 0.25) is 0 Å². The van der Waals surface area contributed by atoms with E-state index in [-0.39, 0.29) is 5.54 Å². The predicted molar refractivity (Wildman–Crippen MR) is 56.2 cm³/mol. The summed E-state index contributed by atoms with van der Waals surface area (Å²) in [6.45, 7) is 6.44. The van der Waals surface area contributed by atoms with Crippen molar-refractivity contribution in [1.82, 2.24) is 5.32 Å². The van der Waals surface area contributed by atoms with Crippen LogP contribution in [0, 0.1) is 5.92 Å². The topological polar surface area (TPSA) is 29.1 Å². The van der Waals surface area contributed by atoms with Gasteiger partial charge in [0.25, 0.3) is 0 Å². The molecule has 0 aromatic rings. The van der Waals surface area contributed by atoms with Crippen molar-refractivity contribution in [2.24, 2.45) is 5.92 Å². The van der Waals surface area contributed by atoms with Gasteiger partial charge in [0.15, 0.2) is 0 Å². The van der Waals surface area contributed by atoms with Gasteiger partial charge in [0, 0.05) is 33.4 Å². The quantitative estimate of drug-likeness (QED) is 0.692. The Balaban J connectivity index is 2.11. The lowest BCUT2D eigenvalue weighted by Crippen LogP contribution is -2.60. The molecule has 2 fully saturated rings. The van der Waals surface area contributed by atoms with E-state index in [1.54, 1.807) is 0 Å². The summed E-state index contributed by atoms with van der Waals surface area (Å²) in [6, 6.07) is 0.504. The summed E-state index contributed by atoms with van der Waals surface area (Å²) in [5, 5.41) is 3.99. The zero-order valence-corrected chi connectivity index (χ0v) is 9.49. The summed E-state index contributed by atoms with van der Waals surface area (Å²) in [4.78, 5) is 0. The van der Waals surface area contributed by atoms with Gasteiger partial charge in [-0.1, -0.05) is 0 Å². The van der Waals surface area contributed by atoms with Gasteiger partial charge in [0.05, 0.1) is 0 Å². The predicted octanol–water partition coefficient (Wildman–Crippen LogP) is 1.28. The Morgan fingerprint density at radius 2 is 2.00 bits per heavy atom. The second-order valence-electron chi connectivity index (χ2n) is 5.12. The number of rotatable bonds is 1. The van der Waals surface area contributed by atoms with Crippen molar-refractivity contribution < 1.29 is 4.21 Å². The molecule has 1 saturated heterocycles. The van der Waals surface area contributed by atoms with Crippen LogP contribution in [0.3, 0.4) is 0 Å². The Hall–Kier alpha value is 0.110. The molecule has 0 aromatic heterocycles. The average molecular weight is 201 g/mol. The van der Waals surface area contributed by atoms with Crippen molar-refractivity contribution in [3.63, 3.8) is 0 Å². The highest BCUT2D eigenvalue weighted by Gasteiger charge is 2.43. The van der Waals surface area contributed by atoms with Gasteiger partial charge in [-0.05, 0) is 39.5 Å². The molecule has 0 bridgehead atoms. The first-order valence-corrected chi connectivity index (χ1v) is 6.53. The van der Waals surface area contributed by atoms with E-state index in [2.05, 4.69) is 26.1 Å². The largest absolute Gasteiger partial charge is 0.307 e. The van der Waals surface area contributed by atoms with Crippen molar-refractivity contribution in [3.8, 4) is 0 Å². The van der Waals surface area contributed by atoms with Crippen molar-refractivity contribution in [3.05, 3.63) is 0 Å². The molecule has 13 heavy (non-hydrogen) atoms. The number of nitrogens with one attached hydrogen (secondary N) is 1. The summed E-state index contributed by atoms with van der Waals surface area (Å²) >= 11 is 0. The van der Waals surface area contributed by atoms with E-state index in [0.29, 0.717) is 11.3 Å². The maximum atomic E-state index is 11.8. The second kappa shape index (κ2) is 3.06. The van der Waals surface area contributed by atoms with Crippen LogP contribution in [-0.4, -0.2) is 26.8 Å². The smallest absolute Gasteiger partial charge is 0.0476 e. The van der Waals surface area contributed by atoms with Crippen LogP contribution in [0.5, 0.6) is 0 Å². The van der Waals surface area contributed by atoms with Crippen LogP contribution in [0.1, 0.15) is 33.6 Å². The van der Waals surface area contributed by atoms with Crippen LogP contribution in [0.15, 0.2) is 0 Å². The SMILES string of the molecule is CC1C(C2CC2)NC(C)(C)CS1=O. The Morgan fingerprint density at radius 3 is 2.54 bits per heavy atom. The lowest BCUT2D eigenvalue weighted by Gasteiger charge is -2.40. The van der Waals surface area contributed by atoms with E-state index in [0.717, 1.165) is 11.7 Å². The molecule has 3 heteroatoms. The van der Waals surface area contributed by atoms with Crippen LogP contribution in [0.2, 0.25) is 0 Å². The molecule has 1 N–H and O–H groups in total. The normalized spacial score (nSPS) is 44.7. The van der Waals surface area contributed by atoms with E-state index in [9.17, 15) is 4.21 Å². The third-order valence-electron chi connectivity index (χ3n) is 3.11. The minimum absolute atomic E-state index is 0.0740. The minimum atomic E-state index is -0.628. The Labute approximate surface area is 82.9 Å². The fourth-order valence-electron chi connectivity index (χ4n) is 2.22. The standard InChI is InChI=1S/C10H19NOS/c1-7-9(8-4-5-8)11-10(2,3)6-13(7)12/h7-9,11H,4-6H2,1-3H3. The first-order valence-electron chi connectivity index (χ1n) is 5.14.